The SMILES string of the molecule is CCc1cccc2c(C(=O)C(C)Cl)c[nH]c12. The van der Waals surface area contributed by atoms with Gasteiger partial charge >= 0.3 is 0 Å². The van der Waals surface area contributed by atoms with Crippen molar-refractivity contribution < 1.29 is 4.79 Å². The fourth-order valence-corrected chi connectivity index (χ4v) is 2.05. The van der Waals surface area contributed by atoms with E-state index in [1.54, 1.807) is 13.1 Å². The third-order valence-corrected chi connectivity index (χ3v) is 3.01. The number of benzene rings is 1. The van der Waals surface area contributed by atoms with Gasteiger partial charge in [-0.1, -0.05) is 25.1 Å². The Hall–Kier alpha value is -1.28. The zero-order chi connectivity index (χ0) is 11.7. The van der Waals surface area contributed by atoms with E-state index in [0.29, 0.717) is 5.56 Å². The molecule has 0 amide bonds. The van der Waals surface area contributed by atoms with E-state index in [1.807, 2.05) is 12.1 Å². The third-order valence-electron chi connectivity index (χ3n) is 2.81. The van der Waals surface area contributed by atoms with Gasteiger partial charge in [0.25, 0.3) is 0 Å². The van der Waals surface area contributed by atoms with Gasteiger partial charge in [-0.3, -0.25) is 4.79 Å². The minimum atomic E-state index is -0.482. The molecule has 0 aliphatic carbocycles. The van der Waals surface area contributed by atoms with Gasteiger partial charge in [-0.15, -0.1) is 11.6 Å². The van der Waals surface area contributed by atoms with Crippen molar-refractivity contribution in [2.45, 2.75) is 25.6 Å². The van der Waals surface area contributed by atoms with Crippen molar-refractivity contribution in [1.29, 1.82) is 0 Å². The van der Waals surface area contributed by atoms with Crippen molar-refractivity contribution in [3.8, 4) is 0 Å². The van der Waals surface area contributed by atoms with E-state index in [0.717, 1.165) is 17.3 Å². The first-order valence-electron chi connectivity index (χ1n) is 5.42. The minimum absolute atomic E-state index is 0.0267. The number of aromatic amines is 1. The predicted octanol–water partition coefficient (Wildman–Crippen LogP) is 3.54. The molecule has 1 aromatic heterocycles. The summed E-state index contributed by atoms with van der Waals surface area (Å²) in [5.41, 5.74) is 2.96. The van der Waals surface area contributed by atoms with Crippen LogP contribution in [0.1, 0.15) is 29.8 Å². The smallest absolute Gasteiger partial charge is 0.182 e. The maximum Gasteiger partial charge on any atom is 0.182 e. The number of carbonyl (C=O) groups excluding carboxylic acids is 1. The second kappa shape index (κ2) is 4.30. The number of para-hydroxylation sites is 1. The summed E-state index contributed by atoms with van der Waals surface area (Å²) in [6.07, 6.45) is 2.70. The minimum Gasteiger partial charge on any atom is -0.360 e. The van der Waals surface area contributed by atoms with Gasteiger partial charge in [-0.05, 0) is 18.9 Å². The Balaban J connectivity index is 2.62. The van der Waals surface area contributed by atoms with Gasteiger partial charge < -0.3 is 4.98 Å². The molecule has 1 unspecified atom stereocenters. The number of carbonyl (C=O) groups is 1. The Labute approximate surface area is 99.6 Å². The van der Waals surface area contributed by atoms with E-state index < -0.39 is 5.38 Å². The van der Waals surface area contributed by atoms with Crippen LogP contribution in [0.3, 0.4) is 0 Å². The normalized spacial score (nSPS) is 12.9. The van der Waals surface area contributed by atoms with Gasteiger partial charge in [0, 0.05) is 22.7 Å². The number of rotatable bonds is 3. The Kier molecular flexibility index (Phi) is 3.01. The Morgan fingerprint density at radius 2 is 2.25 bits per heavy atom. The molecule has 2 rings (SSSR count). The average Bonchev–Trinajstić information content (AvgIpc) is 2.71. The summed E-state index contributed by atoms with van der Waals surface area (Å²) in [5.74, 6) is -0.0267. The third kappa shape index (κ3) is 1.74. The number of alkyl halides is 1. The van der Waals surface area contributed by atoms with Crippen molar-refractivity contribution >= 4 is 28.3 Å². The number of ketones is 1. The summed E-state index contributed by atoms with van der Waals surface area (Å²) in [5, 5.41) is 0.487. The number of fused-ring (bicyclic) bond motifs is 1. The standard InChI is InChI=1S/C13H14ClNO/c1-3-9-5-4-6-10-11(7-15-12(9)10)13(16)8(2)14/h4-8,15H,3H2,1-2H3. The van der Waals surface area contributed by atoms with Crippen molar-refractivity contribution in [1.82, 2.24) is 4.98 Å². The lowest BCUT2D eigenvalue weighted by Gasteiger charge is -2.02. The molecule has 1 aromatic carbocycles. The molecule has 0 bridgehead atoms. The van der Waals surface area contributed by atoms with E-state index >= 15 is 0 Å². The lowest BCUT2D eigenvalue weighted by atomic mass is 10.0. The summed E-state index contributed by atoms with van der Waals surface area (Å²) in [6.45, 7) is 3.80. The summed E-state index contributed by atoms with van der Waals surface area (Å²) in [4.78, 5) is 15.0. The molecule has 84 valence electrons. The molecule has 0 aliphatic heterocycles. The van der Waals surface area contributed by atoms with E-state index in [4.69, 9.17) is 11.6 Å². The highest BCUT2D eigenvalue weighted by atomic mass is 35.5. The van der Waals surface area contributed by atoms with Gasteiger partial charge in [0.1, 0.15) is 0 Å². The molecule has 0 saturated heterocycles. The molecule has 3 heteroatoms. The maximum absolute atomic E-state index is 11.9. The predicted molar refractivity (Wildman–Crippen MR) is 67.3 cm³/mol. The van der Waals surface area contributed by atoms with Gasteiger partial charge in [0.15, 0.2) is 5.78 Å². The van der Waals surface area contributed by atoms with Crippen LogP contribution in [0.15, 0.2) is 24.4 Å². The van der Waals surface area contributed by atoms with Crippen LogP contribution in [0.4, 0.5) is 0 Å². The molecule has 2 aromatic rings. The fourth-order valence-electron chi connectivity index (χ4n) is 1.93. The number of nitrogens with one attached hydrogen (secondary N) is 1. The molecule has 16 heavy (non-hydrogen) atoms. The number of aryl methyl sites for hydroxylation is 1. The number of halogens is 1. The molecule has 0 saturated carbocycles. The van der Waals surface area contributed by atoms with Crippen LogP contribution < -0.4 is 0 Å². The van der Waals surface area contributed by atoms with Crippen molar-refractivity contribution in [2.75, 3.05) is 0 Å². The molecule has 0 fully saturated rings. The number of hydrogen-bond donors (Lipinski definition) is 1. The van der Waals surface area contributed by atoms with Gasteiger partial charge in [0.05, 0.1) is 5.38 Å². The number of aromatic nitrogens is 1. The fraction of sp³-hybridized carbons (Fsp3) is 0.308. The second-order valence-electron chi connectivity index (χ2n) is 3.88. The zero-order valence-corrected chi connectivity index (χ0v) is 10.1. The Bertz CT molecular complexity index is 528. The first-order chi connectivity index (χ1) is 7.65. The molecule has 1 N–H and O–H groups in total. The monoisotopic (exact) mass is 235 g/mol. The highest BCUT2D eigenvalue weighted by Crippen LogP contribution is 2.23. The average molecular weight is 236 g/mol. The number of hydrogen-bond acceptors (Lipinski definition) is 1. The van der Waals surface area contributed by atoms with Gasteiger partial charge in [0.2, 0.25) is 0 Å². The lowest BCUT2D eigenvalue weighted by Crippen LogP contribution is -2.09. The Morgan fingerprint density at radius 1 is 1.50 bits per heavy atom. The van der Waals surface area contributed by atoms with E-state index in [9.17, 15) is 4.79 Å². The quantitative estimate of drug-likeness (QED) is 0.641. The van der Waals surface area contributed by atoms with Crippen molar-refractivity contribution in [3.63, 3.8) is 0 Å². The summed E-state index contributed by atoms with van der Waals surface area (Å²) < 4.78 is 0. The molecule has 1 atom stereocenters. The van der Waals surface area contributed by atoms with Crippen molar-refractivity contribution in [2.24, 2.45) is 0 Å². The number of H-pyrrole nitrogens is 1. The van der Waals surface area contributed by atoms with Crippen LogP contribution in [0.5, 0.6) is 0 Å². The molecule has 0 aliphatic rings. The first kappa shape index (κ1) is 11.2. The molecule has 0 radical (unpaired) electrons. The molecular formula is C13H14ClNO. The van der Waals surface area contributed by atoms with Crippen LogP contribution in [0, 0.1) is 0 Å². The van der Waals surface area contributed by atoms with E-state index in [-0.39, 0.29) is 5.78 Å². The van der Waals surface area contributed by atoms with E-state index in [1.165, 1.54) is 5.56 Å². The van der Waals surface area contributed by atoms with Gasteiger partial charge in [-0.25, -0.2) is 0 Å². The summed E-state index contributed by atoms with van der Waals surface area (Å²) >= 11 is 5.83. The summed E-state index contributed by atoms with van der Waals surface area (Å²) in [7, 11) is 0. The largest absolute Gasteiger partial charge is 0.360 e. The van der Waals surface area contributed by atoms with Crippen LogP contribution in [0.2, 0.25) is 0 Å². The maximum atomic E-state index is 11.9. The van der Waals surface area contributed by atoms with Crippen LogP contribution in [0.25, 0.3) is 10.9 Å². The lowest BCUT2D eigenvalue weighted by molar-refractivity contribution is 0.0993. The highest BCUT2D eigenvalue weighted by Gasteiger charge is 2.17. The Morgan fingerprint density at radius 3 is 2.88 bits per heavy atom. The van der Waals surface area contributed by atoms with Crippen LogP contribution in [-0.4, -0.2) is 16.1 Å². The van der Waals surface area contributed by atoms with Crippen molar-refractivity contribution in [3.05, 3.63) is 35.5 Å². The molecule has 0 spiro atoms. The van der Waals surface area contributed by atoms with E-state index in [2.05, 4.69) is 18.0 Å². The molecular weight excluding hydrogens is 222 g/mol. The highest BCUT2D eigenvalue weighted by molar-refractivity contribution is 6.35. The first-order valence-corrected chi connectivity index (χ1v) is 5.86. The second-order valence-corrected chi connectivity index (χ2v) is 4.53. The van der Waals surface area contributed by atoms with Gasteiger partial charge in [-0.2, -0.15) is 0 Å². The summed E-state index contributed by atoms with van der Waals surface area (Å²) in [6, 6.07) is 6.00. The molecule has 2 nitrogen and oxygen atoms in total. The zero-order valence-electron chi connectivity index (χ0n) is 9.38. The van der Waals surface area contributed by atoms with Crippen LogP contribution >= 0.6 is 11.6 Å². The molecule has 1 heterocycles. The topological polar surface area (TPSA) is 32.9 Å². The van der Waals surface area contributed by atoms with Crippen LogP contribution in [-0.2, 0) is 6.42 Å². The number of Topliss-reactive ketones (excluding diaryl/α,β-unsaturated/α-hetero) is 1.